The van der Waals surface area contributed by atoms with Crippen molar-refractivity contribution in [3.05, 3.63) is 17.8 Å². The third kappa shape index (κ3) is 5.28. The van der Waals surface area contributed by atoms with Crippen molar-refractivity contribution >= 4 is 0 Å². The van der Waals surface area contributed by atoms with Gasteiger partial charge < -0.3 is 14.5 Å². The van der Waals surface area contributed by atoms with Crippen molar-refractivity contribution in [1.29, 1.82) is 0 Å². The van der Waals surface area contributed by atoms with Gasteiger partial charge in [-0.15, -0.1) is 0 Å². The monoisotopic (exact) mass is 226 g/mol. The van der Waals surface area contributed by atoms with E-state index in [2.05, 4.69) is 17.2 Å². The fourth-order valence-electron chi connectivity index (χ4n) is 1.32. The molecule has 1 aromatic rings. The van der Waals surface area contributed by atoms with Gasteiger partial charge in [0.15, 0.2) is 5.89 Å². The van der Waals surface area contributed by atoms with Gasteiger partial charge >= 0.3 is 0 Å². The predicted octanol–water partition coefficient (Wildman–Crippen LogP) is 2.14. The van der Waals surface area contributed by atoms with Crippen molar-refractivity contribution in [2.24, 2.45) is 0 Å². The fourth-order valence-corrected chi connectivity index (χ4v) is 1.32. The van der Waals surface area contributed by atoms with E-state index in [0.29, 0.717) is 6.61 Å². The predicted molar refractivity (Wildman–Crippen MR) is 63.3 cm³/mol. The molecule has 0 aliphatic carbocycles. The van der Waals surface area contributed by atoms with Gasteiger partial charge in [-0.25, -0.2) is 4.98 Å². The van der Waals surface area contributed by atoms with Crippen LogP contribution in [0.25, 0.3) is 0 Å². The van der Waals surface area contributed by atoms with Gasteiger partial charge in [0.25, 0.3) is 0 Å². The SMILES string of the molecule is CCNCCCc1ncc(COC(C)C)o1. The highest BCUT2D eigenvalue weighted by Crippen LogP contribution is 2.08. The molecular formula is C12H22N2O2. The number of aryl methyl sites for hydroxylation is 1. The van der Waals surface area contributed by atoms with Gasteiger partial charge in [-0.3, -0.25) is 0 Å². The maximum Gasteiger partial charge on any atom is 0.194 e. The van der Waals surface area contributed by atoms with Crippen LogP contribution in [0.2, 0.25) is 0 Å². The number of hydrogen-bond acceptors (Lipinski definition) is 4. The molecule has 4 heteroatoms. The van der Waals surface area contributed by atoms with E-state index >= 15 is 0 Å². The molecule has 0 unspecified atom stereocenters. The number of rotatable bonds is 8. The van der Waals surface area contributed by atoms with Crippen molar-refractivity contribution in [2.45, 2.75) is 46.3 Å². The van der Waals surface area contributed by atoms with E-state index in [4.69, 9.17) is 9.15 Å². The van der Waals surface area contributed by atoms with Gasteiger partial charge in [-0.1, -0.05) is 6.92 Å². The van der Waals surface area contributed by atoms with Crippen LogP contribution in [0.1, 0.15) is 38.8 Å². The molecule has 1 aromatic heterocycles. The van der Waals surface area contributed by atoms with Crippen LogP contribution in [0.3, 0.4) is 0 Å². The van der Waals surface area contributed by atoms with Crippen LogP contribution in [0.4, 0.5) is 0 Å². The van der Waals surface area contributed by atoms with Crippen LogP contribution in [0.5, 0.6) is 0 Å². The second kappa shape index (κ2) is 7.41. The minimum atomic E-state index is 0.224. The summed E-state index contributed by atoms with van der Waals surface area (Å²) in [4.78, 5) is 4.22. The first-order chi connectivity index (χ1) is 7.72. The average Bonchev–Trinajstić information content (AvgIpc) is 2.70. The summed E-state index contributed by atoms with van der Waals surface area (Å²) in [5.74, 6) is 1.62. The molecule has 16 heavy (non-hydrogen) atoms. The Morgan fingerprint density at radius 3 is 3.00 bits per heavy atom. The van der Waals surface area contributed by atoms with Gasteiger partial charge in [0, 0.05) is 6.42 Å². The van der Waals surface area contributed by atoms with Crippen molar-refractivity contribution in [2.75, 3.05) is 13.1 Å². The zero-order valence-corrected chi connectivity index (χ0v) is 10.5. The molecule has 0 spiro atoms. The Labute approximate surface area is 97.4 Å². The second-order valence-corrected chi connectivity index (χ2v) is 4.04. The highest BCUT2D eigenvalue weighted by molar-refractivity contribution is 4.92. The number of ether oxygens (including phenoxy) is 1. The molecule has 1 N–H and O–H groups in total. The molecule has 0 radical (unpaired) electrons. The molecule has 1 rings (SSSR count). The smallest absolute Gasteiger partial charge is 0.194 e. The maximum atomic E-state index is 5.55. The van der Waals surface area contributed by atoms with Crippen molar-refractivity contribution < 1.29 is 9.15 Å². The molecule has 0 atom stereocenters. The van der Waals surface area contributed by atoms with Crippen LogP contribution in [0.15, 0.2) is 10.6 Å². The summed E-state index contributed by atoms with van der Waals surface area (Å²) < 4.78 is 11.0. The van der Waals surface area contributed by atoms with Crippen LogP contribution in [-0.2, 0) is 17.8 Å². The zero-order valence-electron chi connectivity index (χ0n) is 10.5. The summed E-state index contributed by atoms with van der Waals surface area (Å²) in [7, 11) is 0. The second-order valence-electron chi connectivity index (χ2n) is 4.04. The summed E-state index contributed by atoms with van der Waals surface area (Å²) in [6, 6.07) is 0. The molecule has 4 nitrogen and oxygen atoms in total. The van der Waals surface area contributed by atoms with Crippen LogP contribution in [0, 0.1) is 0 Å². The van der Waals surface area contributed by atoms with Crippen molar-refractivity contribution in [1.82, 2.24) is 10.3 Å². The van der Waals surface area contributed by atoms with E-state index in [0.717, 1.165) is 37.6 Å². The molecule has 0 aromatic carbocycles. The first kappa shape index (κ1) is 13.2. The lowest BCUT2D eigenvalue weighted by Gasteiger charge is -2.03. The van der Waals surface area contributed by atoms with E-state index in [1.54, 1.807) is 6.20 Å². The molecule has 0 saturated carbocycles. The molecule has 0 bridgehead atoms. The summed E-state index contributed by atoms with van der Waals surface area (Å²) in [6.07, 6.45) is 3.92. The topological polar surface area (TPSA) is 47.3 Å². The number of hydrogen-bond donors (Lipinski definition) is 1. The van der Waals surface area contributed by atoms with Gasteiger partial charge in [0.05, 0.1) is 12.3 Å². The molecule has 0 aliphatic heterocycles. The lowest BCUT2D eigenvalue weighted by atomic mass is 10.3. The molecule has 1 heterocycles. The summed E-state index contributed by atoms with van der Waals surface area (Å²) in [5, 5.41) is 3.27. The van der Waals surface area contributed by atoms with Crippen molar-refractivity contribution in [3.8, 4) is 0 Å². The number of oxazole rings is 1. The molecule has 0 amide bonds. The van der Waals surface area contributed by atoms with E-state index in [9.17, 15) is 0 Å². The number of nitrogens with one attached hydrogen (secondary N) is 1. The molecule has 0 fully saturated rings. The van der Waals surface area contributed by atoms with Crippen LogP contribution in [-0.4, -0.2) is 24.2 Å². The van der Waals surface area contributed by atoms with Gasteiger partial charge in [0.2, 0.25) is 0 Å². The maximum absolute atomic E-state index is 5.55. The van der Waals surface area contributed by atoms with E-state index in [1.807, 2.05) is 13.8 Å². The fraction of sp³-hybridized carbons (Fsp3) is 0.750. The van der Waals surface area contributed by atoms with Crippen LogP contribution >= 0.6 is 0 Å². The first-order valence-electron chi connectivity index (χ1n) is 5.98. The third-order valence-corrected chi connectivity index (χ3v) is 2.15. The minimum Gasteiger partial charge on any atom is -0.443 e. The van der Waals surface area contributed by atoms with Crippen LogP contribution < -0.4 is 5.32 Å². The Bertz CT molecular complexity index is 284. The lowest BCUT2D eigenvalue weighted by molar-refractivity contribution is 0.0539. The summed E-state index contributed by atoms with van der Waals surface area (Å²) in [6.45, 7) is 8.65. The average molecular weight is 226 g/mol. The van der Waals surface area contributed by atoms with Gasteiger partial charge in [-0.05, 0) is 33.4 Å². The Kier molecular flexibility index (Phi) is 6.11. The normalized spacial score (nSPS) is 11.2. The Morgan fingerprint density at radius 1 is 1.50 bits per heavy atom. The van der Waals surface area contributed by atoms with Gasteiger partial charge in [0.1, 0.15) is 12.4 Å². The number of aromatic nitrogens is 1. The quantitative estimate of drug-likeness (QED) is 0.690. The summed E-state index contributed by atoms with van der Waals surface area (Å²) in [5.41, 5.74) is 0. The largest absolute Gasteiger partial charge is 0.443 e. The lowest BCUT2D eigenvalue weighted by Crippen LogP contribution is -2.14. The van der Waals surface area contributed by atoms with E-state index < -0.39 is 0 Å². The van der Waals surface area contributed by atoms with Crippen molar-refractivity contribution in [3.63, 3.8) is 0 Å². The Balaban J connectivity index is 2.22. The number of nitrogens with zero attached hydrogens (tertiary/aromatic N) is 1. The molecule has 0 aliphatic rings. The van der Waals surface area contributed by atoms with Gasteiger partial charge in [-0.2, -0.15) is 0 Å². The standard InChI is InChI=1S/C12H22N2O2/c1-4-13-7-5-6-12-14-8-11(16-12)9-15-10(2)3/h8,10,13H,4-7,9H2,1-3H3. The Hall–Kier alpha value is -0.870. The highest BCUT2D eigenvalue weighted by Gasteiger charge is 2.04. The third-order valence-electron chi connectivity index (χ3n) is 2.15. The Morgan fingerprint density at radius 2 is 2.31 bits per heavy atom. The van der Waals surface area contributed by atoms with E-state index in [1.165, 1.54) is 0 Å². The van der Waals surface area contributed by atoms with E-state index in [-0.39, 0.29) is 6.10 Å². The first-order valence-corrected chi connectivity index (χ1v) is 5.98. The molecule has 92 valence electrons. The summed E-state index contributed by atoms with van der Waals surface area (Å²) >= 11 is 0. The molecular weight excluding hydrogens is 204 g/mol. The zero-order chi connectivity index (χ0) is 11.8. The molecule has 0 saturated heterocycles. The highest BCUT2D eigenvalue weighted by atomic mass is 16.5. The minimum absolute atomic E-state index is 0.224.